The Bertz CT molecular complexity index is 408. The second kappa shape index (κ2) is 8.13. The molecule has 0 aromatic carbocycles. The normalized spacial score (nSPS) is 27.9. The van der Waals surface area contributed by atoms with Crippen LogP contribution in [0.25, 0.3) is 0 Å². The van der Waals surface area contributed by atoms with Gasteiger partial charge >= 0.3 is 0 Å². The molecule has 1 aliphatic carbocycles. The van der Waals surface area contributed by atoms with Crippen LogP contribution < -0.4 is 10.6 Å². The maximum absolute atomic E-state index is 12.5. The molecule has 1 saturated carbocycles. The Morgan fingerprint density at radius 3 is 2.35 bits per heavy atom. The lowest BCUT2D eigenvalue weighted by Crippen LogP contribution is -2.57. The van der Waals surface area contributed by atoms with Crippen molar-refractivity contribution >= 4 is 11.8 Å². The summed E-state index contributed by atoms with van der Waals surface area (Å²) in [5.41, 5.74) is -0.348. The van der Waals surface area contributed by atoms with Crippen molar-refractivity contribution in [2.75, 3.05) is 19.8 Å². The highest BCUT2D eigenvalue weighted by atomic mass is 16.5. The summed E-state index contributed by atoms with van der Waals surface area (Å²) < 4.78 is 5.42. The Kier molecular flexibility index (Phi) is 6.45. The average molecular weight is 324 g/mol. The van der Waals surface area contributed by atoms with Gasteiger partial charge in [-0.1, -0.05) is 20.8 Å². The lowest BCUT2D eigenvalue weighted by atomic mass is 9.75. The molecule has 0 spiro atoms. The third kappa shape index (κ3) is 4.69. The number of carbonyl (C=O) groups is 2. The number of carbonyl (C=O) groups excluding carboxylic acids is 2. The van der Waals surface area contributed by atoms with Crippen LogP contribution in [0.3, 0.4) is 0 Å². The molecular weight excluding hydrogens is 292 g/mol. The average Bonchev–Trinajstić information content (AvgIpc) is 2.56. The van der Waals surface area contributed by atoms with E-state index < -0.39 is 0 Å². The Labute approximate surface area is 139 Å². The van der Waals surface area contributed by atoms with Gasteiger partial charge in [-0.25, -0.2) is 0 Å². The van der Waals surface area contributed by atoms with E-state index in [1.54, 1.807) is 0 Å². The van der Waals surface area contributed by atoms with E-state index in [2.05, 4.69) is 31.4 Å². The van der Waals surface area contributed by atoms with E-state index in [0.717, 1.165) is 45.1 Å². The van der Waals surface area contributed by atoms with Crippen molar-refractivity contribution < 1.29 is 14.3 Å². The van der Waals surface area contributed by atoms with Gasteiger partial charge in [0.2, 0.25) is 11.8 Å². The zero-order valence-electron chi connectivity index (χ0n) is 14.8. The largest absolute Gasteiger partial charge is 0.381 e. The summed E-state index contributed by atoms with van der Waals surface area (Å²) in [4.78, 5) is 24.7. The van der Waals surface area contributed by atoms with E-state index in [-0.39, 0.29) is 29.2 Å². The quantitative estimate of drug-likeness (QED) is 0.755. The van der Waals surface area contributed by atoms with Crippen molar-refractivity contribution in [2.45, 2.75) is 64.8 Å². The molecule has 2 fully saturated rings. The summed E-state index contributed by atoms with van der Waals surface area (Å²) in [5.74, 6) is 0.992. The van der Waals surface area contributed by atoms with E-state index in [1.165, 1.54) is 0 Å². The predicted octanol–water partition coefficient (Wildman–Crippen LogP) is 2.25. The van der Waals surface area contributed by atoms with Crippen molar-refractivity contribution in [2.24, 2.45) is 17.8 Å². The number of hydrogen-bond donors (Lipinski definition) is 2. The van der Waals surface area contributed by atoms with Crippen LogP contribution in [-0.4, -0.2) is 37.1 Å². The lowest BCUT2D eigenvalue weighted by Gasteiger charge is -2.37. The number of nitrogens with one attached hydrogen (secondary N) is 2. The SMILES string of the molecule is CCC(CC)(CNC(=O)C1CC(C)C1)NC(=O)C1CCCOC1. The molecule has 1 aliphatic heterocycles. The van der Waals surface area contributed by atoms with Gasteiger partial charge in [-0.05, 0) is 44.4 Å². The molecular formula is C18H32N2O3. The van der Waals surface area contributed by atoms with E-state index in [4.69, 9.17) is 4.74 Å². The molecule has 2 rings (SSSR count). The molecule has 1 unspecified atom stereocenters. The Morgan fingerprint density at radius 1 is 1.13 bits per heavy atom. The van der Waals surface area contributed by atoms with Gasteiger partial charge in [-0.15, -0.1) is 0 Å². The van der Waals surface area contributed by atoms with Gasteiger partial charge in [0.1, 0.15) is 0 Å². The van der Waals surface area contributed by atoms with Crippen LogP contribution in [0.1, 0.15) is 59.3 Å². The van der Waals surface area contributed by atoms with Crippen molar-refractivity contribution in [3.05, 3.63) is 0 Å². The van der Waals surface area contributed by atoms with Crippen LogP contribution in [0.15, 0.2) is 0 Å². The van der Waals surface area contributed by atoms with E-state index in [1.807, 2.05) is 0 Å². The molecule has 0 aromatic rings. The highest BCUT2D eigenvalue weighted by Crippen LogP contribution is 2.33. The first-order valence-electron chi connectivity index (χ1n) is 9.17. The van der Waals surface area contributed by atoms with Crippen LogP contribution in [-0.2, 0) is 14.3 Å². The molecule has 0 bridgehead atoms. The van der Waals surface area contributed by atoms with Crippen LogP contribution in [0.5, 0.6) is 0 Å². The van der Waals surface area contributed by atoms with Crippen LogP contribution in [0.4, 0.5) is 0 Å². The minimum Gasteiger partial charge on any atom is -0.381 e. The van der Waals surface area contributed by atoms with Crippen molar-refractivity contribution in [3.8, 4) is 0 Å². The third-order valence-corrected chi connectivity index (χ3v) is 5.62. The molecule has 5 heteroatoms. The molecule has 0 radical (unpaired) electrons. The first-order valence-corrected chi connectivity index (χ1v) is 9.17. The number of ether oxygens (including phenoxy) is 1. The van der Waals surface area contributed by atoms with Crippen molar-refractivity contribution in [3.63, 3.8) is 0 Å². The Hall–Kier alpha value is -1.10. The second-order valence-electron chi connectivity index (χ2n) is 7.38. The van der Waals surface area contributed by atoms with Crippen LogP contribution in [0.2, 0.25) is 0 Å². The smallest absolute Gasteiger partial charge is 0.225 e. The molecule has 0 aromatic heterocycles. The molecule has 1 atom stereocenters. The fourth-order valence-corrected chi connectivity index (χ4v) is 3.55. The standard InChI is InChI=1S/C18H32N2O3/c1-4-18(5-2,12-19-16(21)15-9-13(3)10-15)20-17(22)14-7-6-8-23-11-14/h13-15H,4-12H2,1-3H3,(H,19,21)(H,20,22). The number of amides is 2. The minimum absolute atomic E-state index is 0.0515. The zero-order chi connectivity index (χ0) is 16.9. The molecule has 23 heavy (non-hydrogen) atoms. The molecule has 2 amide bonds. The van der Waals surface area contributed by atoms with Crippen molar-refractivity contribution in [1.29, 1.82) is 0 Å². The van der Waals surface area contributed by atoms with Crippen molar-refractivity contribution in [1.82, 2.24) is 10.6 Å². The van der Waals surface area contributed by atoms with Gasteiger partial charge in [-0.2, -0.15) is 0 Å². The molecule has 5 nitrogen and oxygen atoms in total. The van der Waals surface area contributed by atoms with Gasteiger partial charge in [0.15, 0.2) is 0 Å². The van der Waals surface area contributed by atoms with Gasteiger partial charge in [0.05, 0.1) is 18.1 Å². The maximum atomic E-state index is 12.5. The van der Waals surface area contributed by atoms with Crippen LogP contribution in [0, 0.1) is 17.8 Å². The fourth-order valence-electron chi connectivity index (χ4n) is 3.55. The first kappa shape index (κ1) is 18.2. The monoisotopic (exact) mass is 324 g/mol. The fraction of sp³-hybridized carbons (Fsp3) is 0.889. The Morgan fingerprint density at radius 2 is 1.83 bits per heavy atom. The number of hydrogen-bond acceptors (Lipinski definition) is 3. The summed E-state index contributed by atoms with van der Waals surface area (Å²) in [5, 5.41) is 6.28. The molecule has 2 N–H and O–H groups in total. The summed E-state index contributed by atoms with van der Waals surface area (Å²) in [6.45, 7) is 8.10. The van der Waals surface area contributed by atoms with E-state index >= 15 is 0 Å². The minimum atomic E-state index is -0.348. The van der Waals surface area contributed by atoms with Gasteiger partial charge < -0.3 is 15.4 Å². The summed E-state index contributed by atoms with van der Waals surface area (Å²) >= 11 is 0. The zero-order valence-corrected chi connectivity index (χ0v) is 14.8. The number of rotatable bonds is 7. The molecule has 2 aliphatic rings. The Balaban J connectivity index is 1.86. The molecule has 1 heterocycles. The summed E-state index contributed by atoms with van der Waals surface area (Å²) in [6.07, 6.45) is 5.43. The highest BCUT2D eigenvalue weighted by molar-refractivity contribution is 5.81. The summed E-state index contributed by atoms with van der Waals surface area (Å²) in [6, 6.07) is 0. The molecule has 1 saturated heterocycles. The lowest BCUT2D eigenvalue weighted by molar-refractivity contribution is -0.133. The molecule has 132 valence electrons. The van der Waals surface area contributed by atoms with Gasteiger partial charge in [0.25, 0.3) is 0 Å². The van der Waals surface area contributed by atoms with Crippen LogP contribution >= 0.6 is 0 Å². The van der Waals surface area contributed by atoms with E-state index in [9.17, 15) is 9.59 Å². The summed E-state index contributed by atoms with van der Waals surface area (Å²) in [7, 11) is 0. The predicted molar refractivity (Wildman–Crippen MR) is 89.9 cm³/mol. The highest BCUT2D eigenvalue weighted by Gasteiger charge is 2.35. The first-order chi connectivity index (χ1) is 11.0. The van der Waals surface area contributed by atoms with E-state index in [0.29, 0.717) is 19.1 Å². The second-order valence-corrected chi connectivity index (χ2v) is 7.38. The topological polar surface area (TPSA) is 67.4 Å². The maximum Gasteiger partial charge on any atom is 0.225 e. The van der Waals surface area contributed by atoms with Gasteiger partial charge in [-0.3, -0.25) is 9.59 Å². The van der Waals surface area contributed by atoms with Gasteiger partial charge in [0, 0.05) is 19.1 Å². The third-order valence-electron chi connectivity index (χ3n) is 5.62.